The first kappa shape index (κ1) is 16.6. The van der Waals surface area contributed by atoms with Crippen molar-refractivity contribution >= 4 is 22.9 Å². The molecule has 0 saturated heterocycles. The molecule has 2 aromatic heterocycles. The van der Waals surface area contributed by atoms with Gasteiger partial charge in [-0.3, -0.25) is 9.59 Å². The summed E-state index contributed by atoms with van der Waals surface area (Å²) >= 11 is 0. The van der Waals surface area contributed by atoms with Gasteiger partial charge in [-0.15, -0.1) is 0 Å². The van der Waals surface area contributed by atoms with Crippen molar-refractivity contribution in [1.29, 1.82) is 0 Å². The standard InChI is InChI=1S/C18H18N4O3/c1-11(2)22-18(24)15-7-5-4-6-14(15)16(21-22)17(23)20-19-10-13-9-8-12(3)25-13/h4-11H,1-3H3,(H,20,23)/b19-10+. The van der Waals surface area contributed by atoms with Gasteiger partial charge in [-0.25, -0.2) is 10.1 Å². The number of fused-ring (bicyclic) bond motifs is 1. The van der Waals surface area contributed by atoms with Crippen molar-refractivity contribution in [3.05, 3.63) is 64.0 Å². The Bertz CT molecular complexity index is 1010. The summed E-state index contributed by atoms with van der Waals surface area (Å²) in [7, 11) is 0. The number of benzene rings is 1. The fourth-order valence-electron chi connectivity index (χ4n) is 2.45. The number of hydrazone groups is 1. The van der Waals surface area contributed by atoms with E-state index in [1.807, 2.05) is 20.8 Å². The highest BCUT2D eigenvalue weighted by Crippen LogP contribution is 2.14. The molecule has 1 aromatic carbocycles. The number of carbonyl (C=O) groups excluding carboxylic acids is 1. The van der Waals surface area contributed by atoms with Crippen LogP contribution >= 0.6 is 0 Å². The zero-order valence-corrected chi connectivity index (χ0v) is 14.2. The Kier molecular flexibility index (Phi) is 4.47. The zero-order valence-electron chi connectivity index (χ0n) is 14.2. The first-order valence-corrected chi connectivity index (χ1v) is 7.89. The van der Waals surface area contributed by atoms with E-state index in [2.05, 4.69) is 15.6 Å². The third-order valence-corrected chi connectivity index (χ3v) is 3.65. The second-order valence-electron chi connectivity index (χ2n) is 5.89. The number of rotatable bonds is 4. The van der Waals surface area contributed by atoms with Gasteiger partial charge in [0.25, 0.3) is 11.5 Å². The molecule has 1 amide bonds. The van der Waals surface area contributed by atoms with Gasteiger partial charge in [0.2, 0.25) is 0 Å². The van der Waals surface area contributed by atoms with E-state index in [-0.39, 0.29) is 17.3 Å². The Morgan fingerprint density at radius 2 is 1.96 bits per heavy atom. The van der Waals surface area contributed by atoms with Crippen molar-refractivity contribution in [2.24, 2.45) is 5.10 Å². The van der Waals surface area contributed by atoms with Crippen molar-refractivity contribution in [3.63, 3.8) is 0 Å². The predicted molar refractivity (Wildman–Crippen MR) is 94.9 cm³/mol. The van der Waals surface area contributed by atoms with Gasteiger partial charge in [0.05, 0.1) is 17.6 Å². The molecule has 0 aliphatic rings. The number of aryl methyl sites for hydroxylation is 1. The second-order valence-corrected chi connectivity index (χ2v) is 5.89. The molecule has 3 aromatic rings. The lowest BCUT2D eigenvalue weighted by Gasteiger charge is -2.12. The molecule has 1 N–H and O–H groups in total. The molecule has 25 heavy (non-hydrogen) atoms. The Hall–Kier alpha value is -3.22. The highest BCUT2D eigenvalue weighted by atomic mass is 16.3. The number of nitrogens with zero attached hydrogens (tertiary/aromatic N) is 3. The van der Waals surface area contributed by atoms with E-state index >= 15 is 0 Å². The molecule has 128 valence electrons. The van der Waals surface area contributed by atoms with Gasteiger partial charge in [-0.1, -0.05) is 18.2 Å². The molecule has 0 fully saturated rings. The van der Waals surface area contributed by atoms with Crippen LogP contribution in [0.1, 0.15) is 41.9 Å². The lowest BCUT2D eigenvalue weighted by Crippen LogP contribution is -2.30. The molecule has 7 nitrogen and oxygen atoms in total. The number of amides is 1. The lowest BCUT2D eigenvalue weighted by atomic mass is 10.1. The molecule has 0 aliphatic heterocycles. The molecule has 2 heterocycles. The number of hydrogen-bond donors (Lipinski definition) is 1. The van der Waals surface area contributed by atoms with Crippen LogP contribution in [0.5, 0.6) is 0 Å². The summed E-state index contributed by atoms with van der Waals surface area (Å²) in [5.41, 5.74) is 2.35. The maximum absolute atomic E-state index is 12.5. The van der Waals surface area contributed by atoms with Crippen molar-refractivity contribution in [3.8, 4) is 0 Å². The third-order valence-electron chi connectivity index (χ3n) is 3.65. The summed E-state index contributed by atoms with van der Waals surface area (Å²) in [5, 5.41) is 9.05. The van der Waals surface area contributed by atoms with Gasteiger partial charge in [0.15, 0.2) is 5.69 Å². The van der Waals surface area contributed by atoms with Crippen LogP contribution in [0, 0.1) is 6.92 Å². The smallest absolute Gasteiger partial charge is 0.292 e. The largest absolute Gasteiger partial charge is 0.460 e. The van der Waals surface area contributed by atoms with Crippen LogP contribution in [0.15, 0.2) is 50.7 Å². The van der Waals surface area contributed by atoms with Gasteiger partial charge < -0.3 is 4.42 Å². The van der Waals surface area contributed by atoms with Gasteiger partial charge in [0.1, 0.15) is 11.5 Å². The van der Waals surface area contributed by atoms with E-state index < -0.39 is 5.91 Å². The maximum atomic E-state index is 12.5. The van der Waals surface area contributed by atoms with Crippen LogP contribution in [0.2, 0.25) is 0 Å². The summed E-state index contributed by atoms with van der Waals surface area (Å²) in [5.74, 6) is 0.789. The quantitative estimate of drug-likeness (QED) is 0.585. The third kappa shape index (κ3) is 3.35. The second kappa shape index (κ2) is 6.72. The Morgan fingerprint density at radius 1 is 1.24 bits per heavy atom. The summed E-state index contributed by atoms with van der Waals surface area (Å²) in [6, 6.07) is 10.3. The molecular formula is C18H18N4O3. The number of hydrogen-bond acceptors (Lipinski definition) is 5. The lowest BCUT2D eigenvalue weighted by molar-refractivity contribution is 0.0949. The number of nitrogens with one attached hydrogen (secondary N) is 1. The molecule has 0 unspecified atom stereocenters. The average molecular weight is 338 g/mol. The van der Waals surface area contributed by atoms with Crippen molar-refractivity contribution < 1.29 is 9.21 Å². The van der Waals surface area contributed by atoms with Crippen molar-refractivity contribution in [2.45, 2.75) is 26.8 Å². The average Bonchev–Trinajstić information content (AvgIpc) is 3.00. The minimum atomic E-state index is -0.495. The van der Waals surface area contributed by atoms with E-state index in [1.54, 1.807) is 36.4 Å². The van der Waals surface area contributed by atoms with Gasteiger partial charge in [-0.2, -0.15) is 10.2 Å². The highest BCUT2D eigenvalue weighted by molar-refractivity contribution is 6.04. The van der Waals surface area contributed by atoms with Gasteiger partial charge in [-0.05, 0) is 39.0 Å². The maximum Gasteiger partial charge on any atom is 0.292 e. The molecule has 0 saturated carbocycles. The molecule has 3 rings (SSSR count). The van der Waals surface area contributed by atoms with Gasteiger partial charge >= 0.3 is 0 Å². The number of furan rings is 1. The molecule has 0 aliphatic carbocycles. The Morgan fingerprint density at radius 3 is 2.60 bits per heavy atom. The fraction of sp³-hybridized carbons (Fsp3) is 0.222. The van der Waals surface area contributed by atoms with Crippen LogP contribution in [0.4, 0.5) is 0 Å². The monoisotopic (exact) mass is 338 g/mol. The normalized spacial score (nSPS) is 11.5. The molecule has 0 bridgehead atoms. The van der Waals surface area contributed by atoms with Crippen LogP contribution in [-0.2, 0) is 0 Å². The minimum absolute atomic E-state index is 0.150. The van der Waals surface area contributed by atoms with E-state index in [4.69, 9.17) is 4.42 Å². The van der Waals surface area contributed by atoms with E-state index in [1.165, 1.54) is 10.9 Å². The molecule has 0 spiro atoms. The van der Waals surface area contributed by atoms with E-state index in [0.29, 0.717) is 16.5 Å². The Labute approximate surface area is 144 Å². The summed E-state index contributed by atoms with van der Waals surface area (Å²) in [4.78, 5) is 25.0. The van der Waals surface area contributed by atoms with Crippen molar-refractivity contribution in [1.82, 2.24) is 15.2 Å². The molecule has 7 heteroatoms. The van der Waals surface area contributed by atoms with Crippen LogP contribution in [-0.4, -0.2) is 21.9 Å². The molecule has 0 atom stereocenters. The first-order chi connectivity index (χ1) is 12.0. The summed E-state index contributed by atoms with van der Waals surface area (Å²) in [6.07, 6.45) is 1.41. The number of aromatic nitrogens is 2. The fourth-order valence-corrected chi connectivity index (χ4v) is 2.45. The predicted octanol–water partition coefficient (Wildman–Crippen LogP) is 2.64. The van der Waals surface area contributed by atoms with Crippen LogP contribution < -0.4 is 11.0 Å². The van der Waals surface area contributed by atoms with E-state index in [9.17, 15) is 9.59 Å². The van der Waals surface area contributed by atoms with Crippen LogP contribution in [0.3, 0.4) is 0 Å². The van der Waals surface area contributed by atoms with Crippen LogP contribution in [0.25, 0.3) is 10.8 Å². The highest BCUT2D eigenvalue weighted by Gasteiger charge is 2.17. The van der Waals surface area contributed by atoms with Crippen molar-refractivity contribution in [2.75, 3.05) is 0 Å². The number of carbonyl (C=O) groups is 1. The minimum Gasteiger partial charge on any atom is -0.460 e. The topological polar surface area (TPSA) is 89.5 Å². The first-order valence-electron chi connectivity index (χ1n) is 7.89. The SMILES string of the molecule is Cc1ccc(/C=N/NC(=O)c2nn(C(C)C)c(=O)c3ccccc23)o1. The zero-order chi connectivity index (χ0) is 18.0. The van der Waals surface area contributed by atoms with Gasteiger partial charge in [0, 0.05) is 5.39 Å². The summed E-state index contributed by atoms with van der Waals surface area (Å²) < 4.78 is 6.65. The molecule has 0 radical (unpaired) electrons. The Balaban J connectivity index is 1.96. The molecular weight excluding hydrogens is 320 g/mol. The summed E-state index contributed by atoms with van der Waals surface area (Å²) in [6.45, 7) is 5.49. The van der Waals surface area contributed by atoms with E-state index in [0.717, 1.165) is 5.76 Å².